The Morgan fingerprint density at radius 3 is 2.75 bits per heavy atom. The smallest absolute Gasteiger partial charge is 0.254 e. The normalized spacial score (nSPS) is 10.6. The molecule has 32 heavy (non-hydrogen) atoms. The maximum Gasteiger partial charge on any atom is 0.254 e. The molecule has 0 atom stereocenters. The van der Waals surface area contributed by atoms with Crippen LogP contribution in [0.2, 0.25) is 5.02 Å². The zero-order valence-electron chi connectivity index (χ0n) is 17.4. The SMILES string of the molecule is COc1ccc(Cl)cc1NC(=O)CSc1nnc(CCNC(=O)c2ccccc2F)n1C. The Hall–Kier alpha value is -3.11. The molecule has 0 saturated heterocycles. The minimum atomic E-state index is -0.573. The van der Waals surface area contributed by atoms with Crippen molar-refractivity contribution in [3.8, 4) is 5.75 Å². The van der Waals surface area contributed by atoms with E-state index in [9.17, 15) is 14.0 Å². The number of halogens is 2. The molecular formula is C21H21ClFN5O3S. The predicted molar refractivity (Wildman–Crippen MR) is 121 cm³/mol. The van der Waals surface area contributed by atoms with Gasteiger partial charge in [-0.05, 0) is 30.3 Å². The molecule has 0 radical (unpaired) electrons. The van der Waals surface area contributed by atoms with Crippen LogP contribution in [-0.4, -0.2) is 46.0 Å². The third-order valence-corrected chi connectivity index (χ3v) is 5.70. The zero-order chi connectivity index (χ0) is 23.1. The van der Waals surface area contributed by atoms with Crippen LogP contribution in [-0.2, 0) is 18.3 Å². The summed E-state index contributed by atoms with van der Waals surface area (Å²) in [6, 6.07) is 10.7. The standard InChI is InChI=1S/C21H21ClFN5O3S/c1-28-18(9-10-24-20(30)14-5-3-4-6-15(14)23)26-27-21(28)32-12-19(29)25-16-11-13(22)7-8-17(16)31-2/h3-8,11H,9-10,12H2,1-2H3,(H,24,30)(H,25,29). The maximum atomic E-state index is 13.7. The van der Waals surface area contributed by atoms with Gasteiger partial charge in [0.05, 0.1) is 24.1 Å². The van der Waals surface area contributed by atoms with E-state index in [1.165, 1.54) is 37.1 Å². The molecule has 0 aliphatic carbocycles. The largest absolute Gasteiger partial charge is 0.495 e. The van der Waals surface area contributed by atoms with Crippen molar-refractivity contribution < 1.29 is 18.7 Å². The maximum absolute atomic E-state index is 13.7. The van der Waals surface area contributed by atoms with Gasteiger partial charge in [0, 0.05) is 25.0 Å². The number of aromatic nitrogens is 3. The second-order valence-electron chi connectivity index (χ2n) is 6.63. The molecule has 2 aromatic carbocycles. The highest BCUT2D eigenvalue weighted by molar-refractivity contribution is 7.99. The zero-order valence-corrected chi connectivity index (χ0v) is 19.0. The number of nitrogens with zero attached hydrogens (tertiary/aromatic N) is 3. The first-order chi connectivity index (χ1) is 15.4. The van der Waals surface area contributed by atoms with Crippen LogP contribution in [0.15, 0.2) is 47.6 Å². The Morgan fingerprint density at radius 1 is 1.22 bits per heavy atom. The molecule has 0 fully saturated rings. The number of ether oxygens (including phenoxy) is 1. The van der Waals surface area contributed by atoms with Crippen LogP contribution < -0.4 is 15.4 Å². The Bertz CT molecular complexity index is 1120. The van der Waals surface area contributed by atoms with Gasteiger partial charge in [0.15, 0.2) is 5.16 Å². The highest BCUT2D eigenvalue weighted by atomic mass is 35.5. The van der Waals surface area contributed by atoms with Crippen molar-refractivity contribution in [2.24, 2.45) is 7.05 Å². The lowest BCUT2D eigenvalue weighted by atomic mass is 10.2. The van der Waals surface area contributed by atoms with Crippen LogP contribution in [0.25, 0.3) is 0 Å². The minimum absolute atomic E-state index is 0.0101. The summed E-state index contributed by atoms with van der Waals surface area (Å²) in [7, 11) is 3.28. The van der Waals surface area contributed by atoms with Crippen molar-refractivity contribution in [3.05, 3.63) is 64.7 Å². The fraction of sp³-hybridized carbons (Fsp3) is 0.238. The van der Waals surface area contributed by atoms with Gasteiger partial charge in [0.1, 0.15) is 17.4 Å². The first kappa shape index (κ1) is 23.6. The van der Waals surface area contributed by atoms with Gasteiger partial charge in [-0.3, -0.25) is 9.59 Å². The number of carbonyl (C=O) groups is 2. The van der Waals surface area contributed by atoms with Crippen LogP contribution in [0, 0.1) is 5.82 Å². The Labute approximate surface area is 193 Å². The van der Waals surface area contributed by atoms with Gasteiger partial charge in [-0.25, -0.2) is 4.39 Å². The summed E-state index contributed by atoms with van der Waals surface area (Å²) in [4.78, 5) is 24.4. The molecule has 8 nitrogen and oxygen atoms in total. The van der Waals surface area contributed by atoms with E-state index in [4.69, 9.17) is 16.3 Å². The van der Waals surface area contributed by atoms with E-state index < -0.39 is 11.7 Å². The molecule has 3 aromatic rings. The number of hydrogen-bond donors (Lipinski definition) is 2. The van der Waals surface area contributed by atoms with Crippen LogP contribution >= 0.6 is 23.4 Å². The number of carbonyl (C=O) groups excluding carboxylic acids is 2. The third kappa shape index (κ3) is 5.98. The van der Waals surface area contributed by atoms with E-state index in [-0.39, 0.29) is 23.8 Å². The summed E-state index contributed by atoms with van der Waals surface area (Å²) >= 11 is 7.20. The second kappa shape index (κ2) is 11.0. The molecule has 0 spiro atoms. The van der Waals surface area contributed by atoms with Gasteiger partial charge in [-0.2, -0.15) is 0 Å². The van der Waals surface area contributed by atoms with E-state index in [2.05, 4.69) is 20.8 Å². The number of thioether (sulfide) groups is 1. The summed E-state index contributed by atoms with van der Waals surface area (Å²) in [6.07, 6.45) is 0.399. The summed E-state index contributed by atoms with van der Waals surface area (Å²) in [5, 5.41) is 14.6. The van der Waals surface area contributed by atoms with Gasteiger partial charge in [0.2, 0.25) is 5.91 Å². The van der Waals surface area contributed by atoms with E-state index in [1.54, 1.807) is 35.9 Å². The summed E-state index contributed by atoms with van der Waals surface area (Å²) in [5.74, 6) is -0.0864. The van der Waals surface area contributed by atoms with Crippen molar-refractivity contribution in [2.75, 3.05) is 24.7 Å². The lowest BCUT2D eigenvalue weighted by molar-refractivity contribution is -0.113. The van der Waals surface area contributed by atoms with Crippen molar-refractivity contribution in [1.29, 1.82) is 0 Å². The molecule has 0 bridgehead atoms. The minimum Gasteiger partial charge on any atom is -0.495 e. The van der Waals surface area contributed by atoms with Crippen LogP contribution in [0.5, 0.6) is 5.75 Å². The molecule has 168 valence electrons. The molecule has 3 rings (SSSR count). The van der Waals surface area contributed by atoms with Crippen LogP contribution in [0.3, 0.4) is 0 Å². The lowest BCUT2D eigenvalue weighted by Crippen LogP contribution is -2.27. The summed E-state index contributed by atoms with van der Waals surface area (Å²) in [6.45, 7) is 0.263. The third-order valence-electron chi connectivity index (χ3n) is 4.45. The Balaban J connectivity index is 1.50. The predicted octanol–water partition coefficient (Wildman–Crippen LogP) is 3.32. The average molecular weight is 478 g/mol. The first-order valence-electron chi connectivity index (χ1n) is 9.56. The molecule has 2 N–H and O–H groups in total. The fourth-order valence-electron chi connectivity index (χ4n) is 2.81. The van der Waals surface area contributed by atoms with Gasteiger partial charge in [-0.1, -0.05) is 35.5 Å². The van der Waals surface area contributed by atoms with Crippen LogP contribution in [0.1, 0.15) is 16.2 Å². The van der Waals surface area contributed by atoms with Crippen molar-refractivity contribution in [1.82, 2.24) is 20.1 Å². The molecule has 0 saturated carbocycles. The molecule has 2 amide bonds. The van der Waals surface area contributed by atoms with Gasteiger partial charge < -0.3 is 19.9 Å². The molecular weight excluding hydrogens is 457 g/mol. The van der Waals surface area contributed by atoms with Crippen molar-refractivity contribution in [2.45, 2.75) is 11.6 Å². The second-order valence-corrected chi connectivity index (χ2v) is 8.00. The van der Waals surface area contributed by atoms with Gasteiger partial charge in [0.25, 0.3) is 5.91 Å². The topological polar surface area (TPSA) is 98.1 Å². The highest BCUT2D eigenvalue weighted by Crippen LogP contribution is 2.28. The summed E-state index contributed by atoms with van der Waals surface area (Å²) in [5.41, 5.74) is 0.471. The number of benzene rings is 2. The van der Waals surface area contributed by atoms with E-state index in [1.807, 2.05) is 0 Å². The molecule has 1 heterocycles. The molecule has 1 aromatic heterocycles. The van der Waals surface area contributed by atoms with Crippen molar-refractivity contribution in [3.63, 3.8) is 0 Å². The van der Waals surface area contributed by atoms with E-state index in [0.717, 1.165) is 0 Å². The van der Waals surface area contributed by atoms with Gasteiger partial charge in [-0.15, -0.1) is 10.2 Å². The lowest BCUT2D eigenvalue weighted by Gasteiger charge is -2.10. The molecule has 0 aliphatic heterocycles. The van der Waals surface area contributed by atoms with Crippen LogP contribution in [0.4, 0.5) is 10.1 Å². The van der Waals surface area contributed by atoms with E-state index >= 15 is 0 Å². The number of rotatable bonds is 9. The Morgan fingerprint density at radius 2 is 2.00 bits per heavy atom. The molecule has 11 heteroatoms. The number of anilines is 1. The molecule has 0 aliphatic rings. The van der Waals surface area contributed by atoms with Gasteiger partial charge >= 0.3 is 0 Å². The number of nitrogens with one attached hydrogen (secondary N) is 2. The number of amides is 2. The number of methoxy groups -OCH3 is 1. The Kier molecular flexibility index (Phi) is 8.07. The van der Waals surface area contributed by atoms with Crippen molar-refractivity contribution >= 4 is 40.9 Å². The highest BCUT2D eigenvalue weighted by Gasteiger charge is 2.14. The molecule has 0 unspecified atom stereocenters. The monoisotopic (exact) mass is 477 g/mol. The summed E-state index contributed by atoms with van der Waals surface area (Å²) < 4.78 is 20.6. The first-order valence-corrected chi connectivity index (χ1v) is 10.9. The number of hydrogen-bond acceptors (Lipinski definition) is 6. The average Bonchev–Trinajstić information content (AvgIpc) is 3.12. The quantitative estimate of drug-likeness (QED) is 0.459. The van der Waals surface area contributed by atoms with E-state index in [0.29, 0.717) is 33.9 Å². The fourth-order valence-corrected chi connectivity index (χ4v) is 3.71.